The number of primary amides is 1. The Kier molecular flexibility index (Phi) is 4.79. The van der Waals surface area contributed by atoms with Crippen LogP contribution in [0, 0.1) is 11.3 Å². The molecule has 0 aromatic heterocycles. The Labute approximate surface area is 128 Å². The highest BCUT2D eigenvalue weighted by atomic mass is 16.5. The first-order valence-electron chi connectivity index (χ1n) is 6.96. The molecule has 0 heterocycles. The van der Waals surface area contributed by atoms with Crippen LogP contribution in [0.25, 0.3) is 6.08 Å². The van der Waals surface area contributed by atoms with E-state index in [1.807, 2.05) is 0 Å². The molecular formula is C16H17N3O3. The third-order valence-electron chi connectivity index (χ3n) is 3.47. The molecule has 1 fully saturated rings. The van der Waals surface area contributed by atoms with Crippen molar-refractivity contribution in [1.29, 1.82) is 5.26 Å². The van der Waals surface area contributed by atoms with Gasteiger partial charge in [-0.3, -0.25) is 9.59 Å². The number of ether oxygens (including phenoxy) is 1. The van der Waals surface area contributed by atoms with Crippen LogP contribution in [0.5, 0.6) is 5.75 Å². The highest BCUT2D eigenvalue weighted by Crippen LogP contribution is 2.30. The number of carbonyl (C=O) groups is 2. The lowest BCUT2D eigenvalue weighted by atomic mass is 9.78. The van der Waals surface area contributed by atoms with E-state index in [1.54, 1.807) is 30.3 Å². The van der Waals surface area contributed by atoms with Crippen LogP contribution in [0.15, 0.2) is 30.3 Å². The van der Waals surface area contributed by atoms with Gasteiger partial charge in [-0.15, -0.1) is 0 Å². The molecule has 6 nitrogen and oxygen atoms in total. The van der Waals surface area contributed by atoms with Gasteiger partial charge >= 0.3 is 0 Å². The smallest absolute Gasteiger partial charge is 0.255 e. The maximum atomic E-state index is 11.8. The van der Waals surface area contributed by atoms with Gasteiger partial charge in [-0.1, -0.05) is 12.1 Å². The molecule has 114 valence electrons. The highest BCUT2D eigenvalue weighted by molar-refractivity contribution is 5.92. The quantitative estimate of drug-likeness (QED) is 0.768. The maximum absolute atomic E-state index is 11.8. The van der Waals surface area contributed by atoms with Crippen molar-refractivity contribution in [1.82, 2.24) is 5.32 Å². The van der Waals surface area contributed by atoms with Crippen LogP contribution in [-0.2, 0) is 9.59 Å². The molecule has 1 aliphatic rings. The molecule has 3 N–H and O–H groups in total. The predicted octanol–water partition coefficient (Wildman–Crippen LogP) is 1.13. The maximum Gasteiger partial charge on any atom is 0.255 e. The Hall–Kier alpha value is -2.81. The monoisotopic (exact) mass is 299 g/mol. The summed E-state index contributed by atoms with van der Waals surface area (Å²) in [6, 6.07) is 9.03. The zero-order valence-corrected chi connectivity index (χ0v) is 12.0. The largest absolute Gasteiger partial charge is 0.484 e. The van der Waals surface area contributed by atoms with E-state index >= 15 is 0 Å². The molecule has 22 heavy (non-hydrogen) atoms. The molecule has 1 saturated carbocycles. The number of nitrogens with zero attached hydrogens (tertiary/aromatic N) is 1. The van der Waals surface area contributed by atoms with Gasteiger partial charge in [0.1, 0.15) is 11.3 Å². The molecule has 2 rings (SSSR count). The van der Waals surface area contributed by atoms with Crippen LogP contribution in [-0.4, -0.2) is 24.0 Å². The van der Waals surface area contributed by atoms with E-state index in [9.17, 15) is 9.59 Å². The molecule has 1 aromatic rings. The normalized spacial score (nSPS) is 15.6. The van der Waals surface area contributed by atoms with Crippen molar-refractivity contribution in [2.24, 2.45) is 5.73 Å². The molecule has 0 atom stereocenters. The van der Waals surface area contributed by atoms with Crippen molar-refractivity contribution in [3.05, 3.63) is 35.9 Å². The minimum absolute atomic E-state index is 0.173. The van der Waals surface area contributed by atoms with Crippen molar-refractivity contribution < 1.29 is 14.3 Å². The summed E-state index contributed by atoms with van der Waals surface area (Å²) in [5.41, 5.74) is 5.11. The number of hydrogen-bond donors (Lipinski definition) is 2. The zero-order valence-electron chi connectivity index (χ0n) is 12.0. The van der Waals surface area contributed by atoms with E-state index < -0.39 is 11.4 Å². The second-order valence-electron chi connectivity index (χ2n) is 5.19. The molecule has 0 spiro atoms. The van der Waals surface area contributed by atoms with Crippen LogP contribution in [0.2, 0.25) is 0 Å². The second kappa shape index (κ2) is 6.76. The van der Waals surface area contributed by atoms with E-state index in [4.69, 9.17) is 15.7 Å². The Morgan fingerprint density at radius 3 is 2.55 bits per heavy atom. The SMILES string of the molecule is N#CC1(NC(=O)/C=C\c2ccc(OCC(N)=O)cc2)CCC1. The fourth-order valence-corrected chi connectivity index (χ4v) is 2.07. The Bertz CT molecular complexity index is 625. The number of nitrogens with two attached hydrogens (primary N) is 1. The average Bonchev–Trinajstić information content (AvgIpc) is 2.48. The molecule has 1 aromatic carbocycles. The van der Waals surface area contributed by atoms with Crippen molar-refractivity contribution in [3.8, 4) is 11.8 Å². The van der Waals surface area contributed by atoms with Gasteiger partial charge in [0.2, 0.25) is 5.91 Å². The van der Waals surface area contributed by atoms with Gasteiger partial charge in [0, 0.05) is 6.08 Å². The van der Waals surface area contributed by atoms with Gasteiger partial charge in [-0.25, -0.2) is 0 Å². The van der Waals surface area contributed by atoms with E-state index in [0.717, 1.165) is 12.0 Å². The van der Waals surface area contributed by atoms with E-state index in [1.165, 1.54) is 6.08 Å². The number of nitrogens with one attached hydrogen (secondary N) is 1. The Morgan fingerprint density at radius 2 is 2.05 bits per heavy atom. The second-order valence-corrected chi connectivity index (χ2v) is 5.19. The first-order chi connectivity index (χ1) is 10.5. The van der Waals surface area contributed by atoms with Gasteiger partial charge in [-0.2, -0.15) is 5.26 Å². The van der Waals surface area contributed by atoms with Crippen LogP contribution < -0.4 is 15.8 Å². The highest BCUT2D eigenvalue weighted by Gasteiger charge is 2.38. The molecular weight excluding hydrogens is 282 g/mol. The average molecular weight is 299 g/mol. The van der Waals surface area contributed by atoms with Gasteiger partial charge in [0.05, 0.1) is 6.07 Å². The lowest BCUT2D eigenvalue weighted by molar-refractivity contribution is -0.120. The zero-order chi connectivity index (χ0) is 16.0. The standard InChI is InChI=1S/C16H17N3O3/c17-11-16(8-1-9-16)19-15(21)7-4-12-2-5-13(6-3-12)22-10-14(18)20/h2-7H,1,8-10H2,(H2,18,20)(H,19,21)/b7-4-. The summed E-state index contributed by atoms with van der Waals surface area (Å²) in [6.07, 6.45) is 5.42. The summed E-state index contributed by atoms with van der Waals surface area (Å²) < 4.78 is 5.14. The summed E-state index contributed by atoms with van der Waals surface area (Å²) in [5.74, 6) is -0.295. The molecule has 0 unspecified atom stereocenters. The summed E-state index contributed by atoms with van der Waals surface area (Å²) in [6.45, 7) is -0.173. The lowest BCUT2D eigenvalue weighted by Gasteiger charge is -2.35. The first-order valence-corrected chi connectivity index (χ1v) is 6.96. The van der Waals surface area contributed by atoms with E-state index in [0.29, 0.717) is 18.6 Å². The Balaban J connectivity index is 1.88. The number of hydrogen-bond acceptors (Lipinski definition) is 4. The summed E-state index contributed by atoms with van der Waals surface area (Å²) >= 11 is 0. The molecule has 0 radical (unpaired) electrons. The summed E-state index contributed by atoms with van der Waals surface area (Å²) in [5, 5.41) is 11.8. The van der Waals surface area contributed by atoms with Crippen molar-refractivity contribution in [2.75, 3.05) is 6.61 Å². The fraction of sp³-hybridized carbons (Fsp3) is 0.312. The van der Waals surface area contributed by atoms with E-state index in [-0.39, 0.29) is 12.5 Å². The van der Waals surface area contributed by atoms with Crippen LogP contribution in [0.1, 0.15) is 24.8 Å². The third-order valence-corrected chi connectivity index (χ3v) is 3.47. The van der Waals surface area contributed by atoms with Crippen LogP contribution >= 0.6 is 0 Å². The number of benzene rings is 1. The van der Waals surface area contributed by atoms with Gasteiger partial charge in [-0.05, 0) is 43.0 Å². The van der Waals surface area contributed by atoms with E-state index in [2.05, 4.69) is 11.4 Å². The molecule has 6 heteroatoms. The summed E-state index contributed by atoms with van der Waals surface area (Å²) in [4.78, 5) is 22.4. The molecule has 2 amide bonds. The molecule has 0 saturated heterocycles. The predicted molar refractivity (Wildman–Crippen MR) is 80.5 cm³/mol. The Morgan fingerprint density at radius 1 is 1.36 bits per heavy atom. The van der Waals surface area contributed by atoms with Crippen molar-refractivity contribution in [3.63, 3.8) is 0 Å². The minimum Gasteiger partial charge on any atom is -0.484 e. The fourth-order valence-electron chi connectivity index (χ4n) is 2.07. The number of carbonyl (C=O) groups excluding carboxylic acids is 2. The van der Waals surface area contributed by atoms with Crippen molar-refractivity contribution >= 4 is 17.9 Å². The molecule has 1 aliphatic carbocycles. The molecule has 0 aliphatic heterocycles. The van der Waals surface area contributed by atoms with Gasteiger partial charge in [0.25, 0.3) is 5.91 Å². The molecule has 0 bridgehead atoms. The van der Waals surface area contributed by atoms with Crippen LogP contribution in [0.4, 0.5) is 0 Å². The van der Waals surface area contributed by atoms with Gasteiger partial charge in [0.15, 0.2) is 6.61 Å². The first kappa shape index (κ1) is 15.6. The lowest BCUT2D eigenvalue weighted by Crippen LogP contribution is -2.51. The third kappa shape index (κ3) is 4.09. The number of amides is 2. The minimum atomic E-state index is -0.687. The number of rotatable bonds is 6. The summed E-state index contributed by atoms with van der Waals surface area (Å²) in [7, 11) is 0. The number of nitriles is 1. The topological polar surface area (TPSA) is 105 Å². The van der Waals surface area contributed by atoms with Crippen LogP contribution in [0.3, 0.4) is 0 Å². The van der Waals surface area contributed by atoms with Gasteiger partial charge < -0.3 is 15.8 Å². The van der Waals surface area contributed by atoms with Crippen molar-refractivity contribution in [2.45, 2.75) is 24.8 Å².